The van der Waals surface area contributed by atoms with Crippen molar-refractivity contribution in [1.82, 2.24) is 0 Å². The molecule has 0 N–H and O–H groups in total. The molecule has 0 bridgehead atoms. The maximum Gasteiger partial charge on any atom is 0.128 e. The molecule has 0 amide bonds. The molecule has 0 unspecified atom stereocenters. The summed E-state index contributed by atoms with van der Waals surface area (Å²) in [5.41, 5.74) is 2.53. The molecule has 0 aliphatic heterocycles. The van der Waals surface area contributed by atoms with Gasteiger partial charge in [0.2, 0.25) is 0 Å². The molecule has 0 atom stereocenters. The first kappa shape index (κ1) is 11.6. The van der Waals surface area contributed by atoms with Crippen LogP contribution in [0, 0.1) is 12.3 Å². The molecule has 84 valence electrons. The molecule has 2 aromatic rings. The van der Waals surface area contributed by atoms with Gasteiger partial charge in [0.1, 0.15) is 5.75 Å². The van der Waals surface area contributed by atoms with E-state index in [1.165, 1.54) is 0 Å². The number of ether oxygens (including phenoxy) is 1. The van der Waals surface area contributed by atoms with E-state index in [1.54, 1.807) is 13.2 Å². The van der Waals surface area contributed by atoms with Crippen molar-refractivity contribution in [2.75, 3.05) is 7.11 Å². The molecule has 0 aliphatic carbocycles. The first-order chi connectivity index (χ1) is 8.27. The summed E-state index contributed by atoms with van der Waals surface area (Å²) < 4.78 is 5.34. The summed E-state index contributed by atoms with van der Waals surface area (Å²) in [6, 6.07) is 13.4. The van der Waals surface area contributed by atoms with Crippen molar-refractivity contribution in [3.05, 3.63) is 53.1 Å². The third kappa shape index (κ3) is 2.13. The van der Waals surface area contributed by atoms with Gasteiger partial charge in [-0.2, -0.15) is 0 Å². The molecule has 0 fully saturated rings. The van der Waals surface area contributed by atoms with E-state index in [4.69, 9.17) is 22.8 Å². The zero-order chi connectivity index (χ0) is 12.3. The molecular weight excluding hydrogens is 232 g/mol. The van der Waals surface area contributed by atoms with Crippen molar-refractivity contribution in [3.63, 3.8) is 0 Å². The molecule has 2 rings (SSSR count). The smallest absolute Gasteiger partial charge is 0.128 e. The fraction of sp³-hybridized carbons (Fsp3) is 0.0667. The Morgan fingerprint density at radius 2 is 1.82 bits per heavy atom. The topological polar surface area (TPSA) is 9.23 Å². The second-order valence-corrected chi connectivity index (χ2v) is 3.92. The summed E-state index contributed by atoms with van der Waals surface area (Å²) in [6.45, 7) is 0. The maximum absolute atomic E-state index is 6.11. The van der Waals surface area contributed by atoms with Crippen LogP contribution in [0.25, 0.3) is 11.1 Å². The van der Waals surface area contributed by atoms with Gasteiger partial charge in [0.25, 0.3) is 0 Å². The van der Waals surface area contributed by atoms with Crippen molar-refractivity contribution in [2.24, 2.45) is 0 Å². The van der Waals surface area contributed by atoms with E-state index in [9.17, 15) is 0 Å². The minimum atomic E-state index is 0.562. The van der Waals surface area contributed by atoms with Gasteiger partial charge >= 0.3 is 0 Å². The molecule has 0 heterocycles. The minimum Gasteiger partial charge on any atom is -0.496 e. The van der Waals surface area contributed by atoms with Crippen LogP contribution >= 0.6 is 11.6 Å². The predicted octanol–water partition coefficient (Wildman–Crippen LogP) is 4.00. The molecular formula is C15H11ClO. The van der Waals surface area contributed by atoms with E-state index in [0.29, 0.717) is 10.6 Å². The van der Waals surface area contributed by atoms with Gasteiger partial charge in [-0.3, -0.25) is 0 Å². The van der Waals surface area contributed by atoms with Crippen molar-refractivity contribution < 1.29 is 4.74 Å². The van der Waals surface area contributed by atoms with Crippen LogP contribution < -0.4 is 4.74 Å². The van der Waals surface area contributed by atoms with Gasteiger partial charge in [-0.1, -0.05) is 47.9 Å². The lowest BCUT2D eigenvalue weighted by atomic mass is 9.99. The Labute approximate surface area is 106 Å². The highest BCUT2D eigenvalue weighted by atomic mass is 35.5. The largest absolute Gasteiger partial charge is 0.496 e. The van der Waals surface area contributed by atoms with Gasteiger partial charge in [0, 0.05) is 5.56 Å². The van der Waals surface area contributed by atoms with Crippen LogP contribution in [0.3, 0.4) is 0 Å². The van der Waals surface area contributed by atoms with E-state index in [1.807, 2.05) is 36.4 Å². The van der Waals surface area contributed by atoms with E-state index in [2.05, 4.69) is 5.92 Å². The Balaban J connectivity index is 2.75. The lowest BCUT2D eigenvalue weighted by Crippen LogP contribution is -1.92. The Morgan fingerprint density at radius 3 is 2.41 bits per heavy atom. The molecule has 0 spiro atoms. The molecule has 0 saturated carbocycles. The fourth-order valence-electron chi connectivity index (χ4n) is 1.76. The van der Waals surface area contributed by atoms with Gasteiger partial charge in [0.15, 0.2) is 0 Å². The average molecular weight is 243 g/mol. The number of methoxy groups -OCH3 is 1. The van der Waals surface area contributed by atoms with Gasteiger partial charge < -0.3 is 4.74 Å². The third-order valence-corrected chi connectivity index (χ3v) is 2.86. The van der Waals surface area contributed by atoms with Crippen LogP contribution in [0.2, 0.25) is 5.02 Å². The summed E-state index contributed by atoms with van der Waals surface area (Å²) in [6.07, 6.45) is 5.52. The Bertz CT molecular complexity index is 567. The predicted molar refractivity (Wildman–Crippen MR) is 71.4 cm³/mol. The second-order valence-electron chi connectivity index (χ2n) is 3.51. The zero-order valence-electron chi connectivity index (χ0n) is 9.41. The molecule has 1 nitrogen and oxygen atoms in total. The first-order valence-electron chi connectivity index (χ1n) is 5.16. The summed E-state index contributed by atoms with van der Waals surface area (Å²) in [5.74, 6) is 3.36. The van der Waals surface area contributed by atoms with Gasteiger partial charge in [-0.25, -0.2) is 0 Å². The Morgan fingerprint density at radius 1 is 1.12 bits per heavy atom. The molecule has 17 heavy (non-hydrogen) atoms. The van der Waals surface area contributed by atoms with Gasteiger partial charge in [-0.15, -0.1) is 6.42 Å². The quantitative estimate of drug-likeness (QED) is 0.724. The van der Waals surface area contributed by atoms with E-state index < -0.39 is 0 Å². The monoisotopic (exact) mass is 242 g/mol. The van der Waals surface area contributed by atoms with E-state index in [-0.39, 0.29) is 0 Å². The average Bonchev–Trinajstić information content (AvgIpc) is 2.39. The highest BCUT2D eigenvalue weighted by Gasteiger charge is 2.13. The molecule has 0 radical (unpaired) electrons. The second kappa shape index (κ2) is 4.95. The standard InChI is InChI=1S/C15H11ClO/c1-3-12-13(16)9-10-14(17-2)15(12)11-7-5-4-6-8-11/h1,4-10H,2H3. The number of benzene rings is 2. The number of rotatable bonds is 2. The summed E-state index contributed by atoms with van der Waals surface area (Å²) in [7, 11) is 1.62. The number of terminal acetylenes is 1. The normalized spacial score (nSPS) is 9.71. The zero-order valence-corrected chi connectivity index (χ0v) is 10.2. The molecule has 0 aromatic heterocycles. The Hall–Kier alpha value is -1.91. The summed E-state index contributed by atoms with van der Waals surface area (Å²) >= 11 is 6.11. The van der Waals surface area contributed by atoms with Crippen molar-refractivity contribution in [3.8, 4) is 29.2 Å². The summed E-state index contributed by atoms with van der Waals surface area (Å²) in [5, 5.41) is 0.562. The lowest BCUT2D eigenvalue weighted by Gasteiger charge is -2.12. The Kier molecular flexibility index (Phi) is 3.37. The number of halogens is 1. The van der Waals surface area contributed by atoms with Crippen LogP contribution in [-0.2, 0) is 0 Å². The van der Waals surface area contributed by atoms with E-state index in [0.717, 1.165) is 16.9 Å². The highest BCUT2D eigenvalue weighted by Crippen LogP contribution is 2.36. The molecule has 0 saturated heterocycles. The fourth-order valence-corrected chi connectivity index (χ4v) is 1.97. The number of hydrogen-bond acceptors (Lipinski definition) is 1. The van der Waals surface area contributed by atoms with Crippen LogP contribution in [0.4, 0.5) is 0 Å². The van der Waals surface area contributed by atoms with Crippen LogP contribution in [0.5, 0.6) is 5.75 Å². The van der Waals surface area contributed by atoms with Crippen molar-refractivity contribution in [2.45, 2.75) is 0 Å². The SMILES string of the molecule is C#Cc1c(Cl)ccc(OC)c1-c1ccccc1. The molecule has 0 aliphatic rings. The highest BCUT2D eigenvalue weighted by molar-refractivity contribution is 6.32. The lowest BCUT2D eigenvalue weighted by molar-refractivity contribution is 0.416. The minimum absolute atomic E-state index is 0.562. The van der Waals surface area contributed by atoms with Crippen LogP contribution in [-0.4, -0.2) is 7.11 Å². The van der Waals surface area contributed by atoms with Gasteiger partial charge in [-0.05, 0) is 17.7 Å². The maximum atomic E-state index is 6.11. The van der Waals surface area contributed by atoms with Crippen LogP contribution in [0.1, 0.15) is 5.56 Å². The van der Waals surface area contributed by atoms with E-state index >= 15 is 0 Å². The van der Waals surface area contributed by atoms with Crippen molar-refractivity contribution in [1.29, 1.82) is 0 Å². The summed E-state index contributed by atoms with van der Waals surface area (Å²) in [4.78, 5) is 0. The first-order valence-corrected chi connectivity index (χ1v) is 5.54. The third-order valence-electron chi connectivity index (χ3n) is 2.54. The number of hydrogen-bond donors (Lipinski definition) is 0. The van der Waals surface area contributed by atoms with Gasteiger partial charge in [0.05, 0.1) is 17.7 Å². The molecule has 2 heteroatoms. The van der Waals surface area contributed by atoms with Crippen LogP contribution in [0.15, 0.2) is 42.5 Å². The molecule has 2 aromatic carbocycles. The van der Waals surface area contributed by atoms with Crippen molar-refractivity contribution >= 4 is 11.6 Å².